The molecule has 0 spiro atoms. The zero-order valence-electron chi connectivity index (χ0n) is 13.1. The van der Waals surface area contributed by atoms with E-state index in [0.29, 0.717) is 22.9 Å². The fourth-order valence-electron chi connectivity index (χ4n) is 1.91. The lowest BCUT2D eigenvalue weighted by molar-refractivity contribution is -0.122. The van der Waals surface area contributed by atoms with E-state index in [1.807, 2.05) is 12.1 Å². The number of methoxy groups -OCH3 is 2. The standard InChI is InChI=1S/C17H18BrNO4/c1-11(23-13-6-4-12(18)5-7-13)17(20)19-15-9-8-14(21-2)10-16(15)22-3/h4-11H,1-3H3,(H,19,20)/t11-/m0/s1. The zero-order chi connectivity index (χ0) is 16.8. The van der Waals surface area contributed by atoms with Crippen LogP contribution in [-0.4, -0.2) is 26.2 Å². The maximum Gasteiger partial charge on any atom is 0.265 e. The molecule has 1 amide bonds. The number of carbonyl (C=O) groups is 1. The Morgan fingerprint density at radius 1 is 1.04 bits per heavy atom. The fourth-order valence-corrected chi connectivity index (χ4v) is 2.17. The van der Waals surface area contributed by atoms with E-state index in [2.05, 4.69) is 21.2 Å². The van der Waals surface area contributed by atoms with E-state index in [1.54, 1.807) is 44.4 Å². The number of ether oxygens (including phenoxy) is 3. The van der Waals surface area contributed by atoms with Crippen LogP contribution in [0.15, 0.2) is 46.9 Å². The number of halogens is 1. The molecular weight excluding hydrogens is 362 g/mol. The summed E-state index contributed by atoms with van der Waals surface area (Å²) in [5.74, 6) is 1.53. The number of carbonyl (C=O) groups excluding carboxylic acids is 1. The van der Waals surface area contributed by atoms with E-state index in [0.717, 1.165) is 4.47 Å². The van der Waals surface area contributed by atoms with Gasteiger partial charge in [-0.25, -0.2) is 0 Å². The van der Waals surface area contributed by atoms with Crippen LogP contribution in [0.2, 0.25) is 0 Å². The highest BCUT2D eigenvalue weighted by Crippen LogP contribution is 2.29. The predicted octanol–water partition coefficient (Wildman–Crippen LogP) is 3.87. The van der Waals surface area contributed by atoms with Gasteiger partial charge in [-0.3, -0.25) is 4.79 Å². The number of hydrogen-bond acceptors (Lipinski definition) is 4. The smallest absolute Gasteiger partial charge is 0.265 e. The number of anilines is 1. The van der Waals surface area contributed by atoms with Gasteiger partial charge in [0, 0.05) is 10.5 Å². The van der Waals surface area contributed by atoms with E-state index < -0.39 is 6.10 Å². The zero-order valence-corrected chi connectivity index (χ0v) is 14.7. The molecule has 0 aromatic heterocycles. The van der Waals surface area contributed by atoms with Crippen molar-refractivity contribution in [2.45, 2.75) is 13.0 Å². The largest absolute Gasteiger partial charge is 0.497 e. The van der Waals surface area contributed by atoms with Crippen molar-refractivity contribution in [2.24, 2.45) is 0 Å². The molecule has 0 bridgehead atoms. The molecule has 0 aliphatic rings. The first-order valence-electron chi connectivity index (χ1n) is 6.98. The maximum absolute atomic E-state index is 12.3. The number of hydrogen-bond donors (Lipinski definition) is 1. The Bertz CT molecular complexity index is 673. The van der Waals surface area contributed by atoms with Gasteiger partial charge in [0.1, 0.15) is 17.2 Å². The van der Waals surface area contributed by atoms with E-state index in [9.17, 15) is 4.79 Å². The van der Waals surface area contributed by atoms with Gasteiger partial charge in [-0.15, -0.1) is 0 Å². The van der Waals surface area contributed by atoms with Crippen molar-refractivity contribution >= 4 is 27.5 Å². The summed E-state index contributed by atoms with van der Waals surface area (Å²) in [6.45, 7) is 1.69. The molecule has 0 fully saturated rings. The summed E-state index contributed by atoms with van der Waals surface area (Å²) in [4.78, 5) is 12.3. The highest BCUT2D eigenvalue weighted by atomic mass is 79.9. The van der Waals surface area contributed by atoms with Crippen molar-refractivity contribution < 1.29 is 19.0 Å². The monoisotopic (exact) mass is 379 g/mol. The summed E-state index contributed by atoms with van der Waals surface area (Å²) in [5, 5.41) is 2.79. The Kier molecular flexibility index (Phi) is 5.87. The van der Waals surface area contributed by atoms with Gasteiger partial charge in [0.15, 0.2) is 6.10 Å². The van der Waals surface area contributed by atoms with Crippen molar-refractivity contribution in [2.75, 3.05) is 19.5 Å². The van der Waals surface area contributed by atoms with Gasteiger partial charge < -0.3 is 19.5 Å². The van der Waals surface area contributed by atoms with Gasteiger partial charge in [-0.2, -0.15) is 0 Å². The van der Waals surface area contributed by atoms with Crippen molar-refractivity contribution in [3.63, 3.8) is 0 Å². The van der Waals surface area contributed by atoms with Gasteiger partial charge in [0.2, 0.25) is 0 Å². The van der Waals surface area contributed by atoms with Gasteiger partial charge in [-0.05, 0) is 43.3 Å². The molecule has 0 unspecified atom stereocenters. The molecule has 0 aliphatic carbocycles. The van der Waals surface area contributed by atoms with Crippen molar-refractivity contribution in [3.05, 3.63) is 46.9 Å². The summed E-state index contributed by atoms with van der Waals surface area (Å²) in [5.41, 5.74) is 0.560. The van der Waals surface area contributed by atoms with Crippen LogP contribution in [0.25, 0.3) is 0 Å². The molecule has 0 heterocycles. The lowest BCUT2D eigenvalue weighted by Crippen LogP contribution is -2.30. The molecule has 2 aromatic carbocycles. The maximum atomic E-state index is 12.3. The third kappa shape index (κ3) is 4.63. The third-order valence-corrected chi connectivity index (χ3v) is 3.69. The van der Waals surface area contributed by atoms with E-state index in [1.165, 1.54) is 7.11 Å². The molecule has 1 N–H and O–H groups in total. The molecule has 2 rings (SSSR count). The SMILES string of the molecule is COc1ccc(NC(=O)[C@H](C)Oc2ccc(Br)cc2)c(OC)c1. The summed E-state index contributed by atoms with van der Waals surface area (Å²) in [7, 11) is 3.10. The molecule has 2 aromatic rings. The summed E-state index contributed by atoms with van der Waals surface area (Å²) >= 11 is 3.35. The average molecular weight is 380 g/mol. The average Bonchev–Trinajstić information content (AvgIpc) is 2.57. The minimum atomic E-state index is -0.650. The van der Waals surface area contributed by atoms with Crippen LogP contribution in [0.5, 0.6) is 17.2 Å². The van der Waals surface area contributed by atoms with Crippen LogP contribution in [0.1, 0.15) is 6.92 Å². The highest BCUT2D eigenvalue weighted by molar-refractivity contribution is 9.10. The normalized spacial score (nSPS) is 11.5. The number of benzene rings is 2. The van der Waals surface area contributed by atoms with Crippen molar-refractivity contribution in [1.82, 2.24) is 0 Å². The Morgan fingerprint density at radius 3 is 2.30 bits per heavy atom. The Hall–Kier alpha value is -2.21. The minimum Gasteiger partial charge on any atom is -0.497 e. The molecule has 0 saturated carbocycles. The second-order valence-corrected chi connectivity index (χ2v) is 5.69. The summed E-state index contributed by atoms with van der Waals surface area (Å²) in [6, 6.07) is 12.5. The Balaban J connectivity index is 2.04. The summed E-state index contributed by atoms with van der Waals surface area (Å²) < 4.78 is 17.0. The van der Waals surface area contributed by atoms with Crippen LogP contribution in [0, 0.1) is 0 Å². The lowest BCUT2D eigenvalue weighted by atomic mass is 10.2. The van der Waals surface area contributed by atoms with Crippen molar-refractivity contribution in [3.8, 4) is 17.2 Å². The highest BCUT2D eigenvalue weighted by Gasteiger charge is 2.17. The molecular formula is C17H18BrNO4. The van der Waals surface area contributed by atoms with E-state index in [-0.39, 0.29) is 5.91 Å². The predicted molar refractivity (Wildman–Crippen MR) is 92.4 cm³/mol. The van der Waals surface area contributed by atoms with E-state index in [4.69, 9.17) is 14.2 Å². The molecule has 0 aliphatic heterocycles. The molecule has 1 atom stereocenters. The van der Waals surface area contributed by atoms with Gasteiger partial charge >= 0.3 is 0 Å². The van der Waals surface area contributed by atoms with Crippen LogP contribution in [0.4, 0.5) is 5.69 Å². The van der Waals surface area contributed by atoms with Crippen LogP contribution in [-0.2, 0) is 4.79 Å². The Labute approximate surface area is 143 Å². The van der Waals surface area contributed by atoms with Crippen LogP contribution >= 0.6 is 15.9 Å². The first-order valence-corrected chi connectivity index (χ1v) is 7.78. The minimum absolute atomic E-state index is 0.267. The third-order valence-electron chi connectivity index (χ3n) is 3.16. The first-order chi connectivity index (χ1) is 11.0. The topological polar surface area (TPSA) is 56.8 Å². The molecule has 5 nitrogen and oxygen atoms in total. The quantitative estimate of drug-likeness (QED) is 0.827. The second kappa shape index (κ2) is 7.87. The molecule has 122 valence electrons. The van der Waals surface area contributed by atoms with E-state index >= 15 is 0 Å². The summed E-state index contributed by atoms with van der Waals surface area (Å²) in [6.07, 6.45) is -0.650. The second-order valence-electron chi connectivity index (χ2n) is 4.77. The van der Waals surface area contributed by atoms with Crippen LogP contribution < -0.4 is 19.5 Å². The number of nitrogens with one attached hydrogen (secondary N) is 1. The van der Waals surface area contributed by atoms with Gasteiger partial charge in [0.25, 0.3) is 5.91 Å². The van der Waals surface area contributed by atoms with Crippen molar-refractivity contribution in [1.29, 1.82) is 0 Å². The first kappa shape index (κ1) is 17.1. The van der Waals surface area contributed by atoms with Gasteiger partial charge in [0.05, 0.1) is 19.9 Å². The molecule has 0 radical (unpaired) electrons. The van der Waals surface area contributed by atoms with Gasteiger partial charge in [-0.1, -0.05) is 15.9 Å². The fraction of sp³-hybridized carbons (Fsp3) is 0.235. The van der Waals surface area contributed by atoms with Crippen LogP contribution in [0.3, 0.4) is 0 Å². The number of rotatable bonds is 6. The number of amides is 1. The Morgan fingerprint density at radius 2 is 1.70 bits per heavy atom. The molecule has 0 saturated heterocycles. The lowest BCUT2D eigenvalue weighted by Gasteiger charge is -2.16. The molecule has 23 heavy (non-hydrogen) atoms. The molecule has 6 heteroatoms.